The van der Waals surface area contributed by atoms with Crippen LogP contribution in [0.5, 0.6) is 5.75 Å². The van der Waals surface area contributed by atoms with Crippen LogP contribution in [0, 0.1) is 13.8 Å². The van der Waals surface area contributed by atoms with Crippen LogP contribution >= 0.6 is 11.6 Å². The standard InChI is InChI=1S/C16H19ClN2O/c1-10-4-7-15(20-3)13(8-10)16(19-18)12-5-6-14(17)11(2)9-12/h4-9,16,19H,18H2,1-3H3. The summed E-state index contributed by atoms with van der Waals surface area (Å²) in [6.07, 6.45) is 0. The summed E-state index contributed by atoms with van der Waals surface area (Å²) in [7, 11) is 1.66. The van der Waals surface area contributed by atoms with Gasteiger partial charge >= 0.3 is 0 Å². The van der Waals surface area contributed by atoms with Gasteiger partial charge in [0.05, 0.1) is 13.2 Å². The Morgan fingerprint density at radius 3 is 2.50 bits per heavy atom. The predicted octanol–water partition coefficient (Wildman–Crippen LogP) is 3.52. The highest BCUT2D eigenvalue weighted by Gasteiger charge is 2.17. The largest absolute Gasteiger partial charge is 0.496 e. The summed E-state index contributed by atoms with van der Waals surface area (Å²) in [6.45, 7) is 4.02. The molecule has 3 N–H and O–H groups in total. The topological polar surface area (TPSA) is 47.3 Å². The monoisotopic (exact) mass is 290 g/mol. The normalized spacial score (nSPS) is 12.2. The molecule has 2 rings (SSSR count). The van der Waals surface area contributed by atoms with Crippen molar-refractivity contribution in [1.29, 1.82) is 0 Å². The molecule has 1 unspecified atom stereocenters. The van der Waals surface area contributed by atoms with Gasteiger partial charge in [-0.1, -0.05) is 41.4 Å². The highest BCUT2D eigenvalue weighted by molar-refractivity contribution is 6.31. The van der Waals surface area contributed by atoms with Crippen LogP contribution in [0.4, 0.5) is 0 Å². The second-order valence-corrected chi connectivity index (χ2v) is 5.26. The number of hydrogen-bond donors (Lipinski definition) is 2. The van der Waals surface area contributed by atoms with Gasteiger partial charge < -0.3 is 4.74 Å². The molecule has 0 radical (unpaired) electrons. The minimum atomic E-state index is -0.138. The number of halogens is 1. The minimum absolute atomic E-state index is 0.138. The van der Waals surface area contributed by atoms with Crippen LogP contribution in [0.25, 0.3) is 0 Å². The minimum Gasteiger partial charge on any atom is -0.496 e. The Morgan fingerprint density at radius 2 is 1.90 bits per heavy atom. The molecule has 0 aliphatic carbocycles. The van der Waals surface area contributed by atoms with Gasteiger partial charge in [-0.2, -0.15) is 0 Å². The fourth-order valence-electron chi connectivity index (χ4n) is 2.29. The molecule has 0 spiro atoms. The first kappa shape index (κ1) is 14.9. The summed E-state index contributed by atoms with van der Waals surface area (Å²) < 4.78 is 5.44. The van der Waals surface area contributed by atoms with Crippen LogP contribution in [-0.2, 0) is 0 Å². The number of nitrogens with two attached hydrogens (primary N) is 1. The zero-order valence-electron chi connectivity index (χ0n) is 11.9. The first-order valence-corrected chi connectivity index (χ1v) is 6.81. The molecule has 0 saturated carbocycles. The van der Waals surface area contributed by atoms with Crippen LogP contribution in [-0.4, -0.2) is 7.11 Å². The molecule has 0 aliphatic rings. The van der Waals surface area contributed by atoms with E-state index in [2.05, 4.69) is 11.5 Å². The third kappa shape index (κ3) is 2.96. The van der Waals surface area contributed by atoms with E-state index in [0.29, 0.717) is 0 Å². The van der Waals surface area contributed by atoms with Crippen molar-refractivity contribution in [2.24, 2.45) is 5.84 Å². The van der Waals surface area contributed by atoms with Crippen molar-refractivity contribution >= 4 is 11.6 Å². The fourth-order valence-corrected chi connectivity index (χ4v) is 2.41. The van der Waals surface area contributed by atoms with Crippen molar-refractivity contribution in [3.05, 3.63) is 63.7 Å². The van der Waals surface area contributed by atoms with E-state index in [1.54, 1.807) is 7.11 Å². The van der Waals surface area contributed by atoms with Gasteiger partial charge in [-0.3, -0.25) is 5.84 Å². The van der Waals surface area contributed by atoms with Crippen molar-refractivity contribution in [2.45, 2.75) is 19.9 Å². The van der Waals surface area contributed by atoms with Crippen molar-refractivity contribution < 1.29 is 4.74 Å². The van der Waals surface area contributed by atoms with Crippen molar-refractivity contribution in [3.63, 3.8) is 0 Å². The lowest BCUT2D eigenvalue weighted by Crippen LogP contribution is -2.29. The molecule has 3 nitrogen and oxygen atoms in total. The maximum Gasteiger partial charge on any atom is 0.124 e. The maximum absolute atomic E-state index is 6.08. The van der Waals surface area contributed by atoms with Crippen molar-refractivity contribution in [3.8, 4) is 5.75 Å². The number of rotatable bonds is 4. The molecule has 20 heavy (non-hydrogen) atoms. The Bertz CT molecular complexity index is 613. The molecule has 0 aromatic heterocycles. The van der Waals surface area contributed by atoms with E-state index in [0.717, 1.165) is 33.0 Å². The van der Waals surface area contributed by atoms with Crippen LogP contribution in [0.2, 0.25) is 5.02 Å². The second kappa shape index (κ2) is 6.27. The lowest BCUT2D eigenvalue weighted by atomic mass is 9.96. The highest BCUT2D eigenvalue weighted by Crippen LogP contribution is 2.31. The smallest absolute Gasteiger partial charge is 0.124 e. The van der Waals surface area contributed by atoms with Gasteiger partial charge in [0.2, 0.25) is 0 Å². The van der Waals surface area contributed by atoms with Crippen LogP contribution in [0.1, 0.15) is 28.3 Å². The number of methoxy groups -OCH3 is 1. The Kier molecular flexibility index (Phi) is 4.65. The third-order valence-electron chi connectivity index (χ3n) is 3.38. The van der Waals surface area contributed by atoms with Crippen LogP contribution in [0.3, 0.4) is 0 Å². The molecule has 2 aromatic carbocycles. The first-order valence-electron chi connectivity index (χ1n) is 6.43. The van der Waals surface area contributed by atoms with Gasteiger partial charge in [-0.15, -0.1) is 0 Å². The summed E-state index contributed by atoms with van der Waals surface area (Å²) in [5, 5.41) is 0.751. The quantitative estimate of drug-likeness (QED) is 0.669. The fraction of sp³-hybridized carbons (Fsp3) is 0.250. The molecule has 1 atom stereocenters. The highest BCUT2D eigenvalue weighted by atomic mass is 35.5. The van der Waals surface area contributed by atoms with Gasteiger partial charge in [0, 0.05) is 10.6 Å². The van der Waals surface area contributed by atoms with E-state index in [9.17, 15) is 0 Å². The molecule has 2 aromatic rings. The average Bonchev–Trinajstić information content (AvgIpc) is 2.44. The van der Waals surface area contributed by atoms with E-state index < -0.39 is 0 Å². The lowest BCUT2D eigenvalue weighted by molar-refractivity contribution is 0.404. The summed E-state index contributed by atoms with van der Waals surface area (Å²) in [5.41, 5.74) is 7.11. The van der Waals surface area contributed by atoms with Gasteiger partial charge in [-0.25, -0.2) is 5.43 Å². The van der Waals surface area contributed by atoms with E-state index in [4.69, 9.17) is 22.2 Å². The number of aryl methyl sites for hydroxylation is 2. The van der Waals surface area contributed by atoms with Crippen molar-refractivity contribution in [2.75, 3.05) is 7.11 Å². The van der Waals surface area contributed by atoms with E-state index in [1.165, 1.54) is 0 Å². The van der Waals surface area contributed by atoms with E-state index >= 15 is 0 Å². The number of hydrazine groups is 1. The molecule has 0 saturated heterocycles. The van der Waals surface area contributed by atoms with E-state index in [-0.39, 0.29) is 6.04 Å². The second-order valence-electron chi connectivity index (χ2n) is 4.85. The summed E-state index contributed by atoms with van der Waals surface area (Å²) in [6, 6.07) is 11.8. The van der Waals surface area contributed by atoms with Crippen molar-refractivity contribution in [1.82, 2.24) is 5.43 Å². The molecule has 0 fully saturated rings. The average molecular weight is 291 g/mol. The van der Waals surface area contributed by atoms with Gasteiger partial charge in [0.15, 0.2) is 0 Å². The predicted molar refractivity (Wildman–Crippen MR) is 83.1 cm³/mol. The Morgan fingerprint density at radius 1 is 1.15 bits per heavy atom. The number of ether oxygens (including phenoxy) is 1. The zero-order valence-corrected chi connectivity index (χ0v) is 12.7. The van der Waals surface area contributed by atoms with Crippen LogP contribution < -0.4 is 16.0 Å². The summed E-state index contributed by atoms with van der Waals surface area (Å²) >= 11 is 6.08. The molecule has 0 aliphatic heterocycles. The Hall–Kier alpha value is -1.55. The van der Waals surface area contributed by atoms with Gasteiger partial charge in [-0.05, 0) is 37.1 Å². The molecular weight excluding hydrogens is 272 g/mol. The molecule has 106 valence electrons. The number of hydrogen-bond acceptors (Lipinski definition) is 3. The Labute approximate surface area is 124 Å². The zero-order chi connectivity index (χ0) is 14.7. The van der Waals surface area contributed by atoms with Crippen LogP contribution in [0.15, 0.2) is 36.4 Å². The molecule has 4 heteroatoms. The van der Waals surface area contributed by atoms with Gasteiger partial charge in [0.1, 0.15) is 5.75 Å². The summed E-state index contributed by atoms with van der Waals surface area (Å²) in [5.74, 6) is 6.57. The number of nitrogens with one attached hydrogen (secondary N) is 1. The van der Waals surface area contributed by atoms with Gasteiger partial charge in [0.25, 0.3) is 0 Å². The molecular formula is C16H19ClN2O. The molecule has 0 bridgehead atoms. The first-order chi connectivity index (χ1) is 9.56. The van der Waals surface area contributed by atoms with E-state index in [1.807, 2.05) is 44.2 Å². The lowest BCUT2D eigenvalue weighted by Gasteiger charge is -2.20. The maximum atomic E-state index is 6.08. The number of benzene rings is 2. The molecule has 0 heterocycles. The Balaban J connectivity index is 2.51. The molecule has 0 amide bonds. The third-order valence-corrected chi connectivity index (χ3v) is 3.80. The SMILES string of the molecule is COc1ccc(C)cc1C(NN)c1ccc(Cl)c(C)c1. The summed E-state index contributed by atoms with van der Waals surface area (Å²) in [4.78, 5) is 0.